The van der Waals surface area contributed by atoms with E-state index in [9.17, 15) is 4.39 Å². The largest absolute Gasteiger partial charge is 0.383 e. The molecule has 0 radical (unpaired) electrons. The fourth-order valence-electron chi connectivity index (χ4n) is 2.44. The number of benzene rings is 1. The van der Waals surface area contributed by atoms with Gasteiger partial charge in [-0.1, -0.05) is 0 Å². The van der Waals surface area contributed by atoms with Crippen LogP contribution < -0.4 is 5.32 Å². The summed E-state index contributed by atoms with van der Waals surface area (Å²) in [6.45, 7) is 5.27. The molecule has 120 valence electrons. The Morgan fingerprint density at radius 1 is 1.22 bits per heavy atom. The smallest absolute Gasteiger partial charge is 0.158 e. The molecule has 0 saturated heterocycles. The number of hydrogen-bond donors (Lipinski definition) is 1. The Balaban J connectivity index is 2.07. The lowest BCUT2D eigenvalue weighted by atomic mass is 10.1. The minimum Gasteiger partial charge on any atom is -0.383 e. The van der Waals surface area contributed by atoms with Crippen LogP contribution in [-0.2, 0) is 4.74 Å². The summed E-state index contributed by atoms with van der Waals surface area (Å²) in [4.78, 5) is 4.58. The van der Waals surface area contributed by atoms with Gasteiger partial charge < -0.3 is 10.1 Å². The first-order valence-corrected chi connectivity index (χ1v) is 7.46. The van der Waals surface area contributed by atoms with E-state index in [4.69, 9.17) is 4.74 Å². The fraction of sp³-hybridized carbons (Fsp3) is 0.294. The van der Waals surface area contributed by atoms with Crippen molar-refractivity contribution in [2.24, 2.45) is 0 Å². The van der Waals surface area contributed by atoms with Crippen molar-refractivity contribution in [3.63, 3.8) is 0 Å². The third kappa shape index (κ3) is 3.03. The molecule has 0 spiro atoms. The Bertz CT molecular complexity index is 827. The zero-order valence-corrected chi connectivity index (χ0v) is 13.4. The number of hydrogen-bond acceptors (Lipinski definition) is 4. The zero-order valence-electron chi connectivity index (χ0n) is 13.4. The predicted molar refractivity (Wildman–Crippen MR) is 88.2 cm³/mol. The van der Waals surface area contributed by atoms with Crippen LogP contribution in [0.1, 0.15) is 11.3 Å². The van der Waals surface area contributed by atoms with Gasteiger partial charge in [-0.05, 0) is 38.1 Å². The van der Waals surface area contributed by atoms with Crippen LogP contribution in [0.3, 0.4) is 0 Å². The molecule has 1 N–H and O–H groups in total. The Morgan fingerprint density at radius 3 is 2.65 bits per heavy atom. The van der Waals surface area contributed by atoms with Crippen molar-refractivity contribution in [3.8, 4) is 11.3 Å². The van der Waals surface area contributed by atoms with Gasteiger partial charge in [0.25, 0.3) is 0 Å². The van der Waals surface area contributed by atoms with Crippen molar-refractivity contribution in [3.05, 3.63) is 47.4 Å². The maximum absolute atomic E-state index is 13.1. The fourth-order valence-corrected chi connectivity index (χ4v) is 2.44. The number of ether oxygens (including phenoxy) is 1. The lowest BCUT2D eigenvalue weighted by Crippen LogP contribution is -2.13. The Kier molecular flexibility index (Phi) is 4.25. The van der Waals surface area contributed by atoms with Crippen molar-refractivity contribution in [1.29, 1.82) is 0 Å². The van der Waals surface area contributed by atoms with Crippen LogP contribution in [-0.4, -0.2) is 34.9 Å². The lowest BCUT2D eigenvalue weighted by Gasteiger charge is -2.12. The summed E-state index contributed by atoms with van der Waals surface area (Å²) in [6.07, 6.45) is 0. The van der Waals surface area contributed by atoms with Crippen molar-refractivity contribution < 1.29 is 9.13 Å². The Hall–Kier alpha value is -2.47. The van der Waals surface area contributed by atoms with Crippen molar-refractivity contribution >= 4 is 11.5 Å². The van der Waals surface area contributed by atoms with E-state index in [2.05, 4.69) is 15.4 Å². The lowest BCUT2D eigenvalue weighted by molar-refractivity contribution is 0.210. The summed E-state index contributed by atoms with van der Waals surface area (Å²) in [5.74, 6) is 0.641. The molecule has 0 aliphatic heterocycles. The highest BCUT2D eigenvalue weighted by Crippen LogP contribution is 2.24. The molecule has 1 aromatic carbocycles. The molecule has 0 atom stereocenters. The second-order valence-electron chi connectivity index (χ2n) is 5.40. The Morgan fingerprint density at radius 2 is 1.96 bits per heavy atom. The molecule has 2 heterocycles. The second kappa shape index (κ2) is 6.34. The highest BCUT2D eigenvalue weighted by molar-refractivity contribution is 5.66. The van der Waals surface area contributed by atoms with Crippen molar-refractivity contribution in [2.45, 2.75) is 13.8 Å². The molecule has 3 aromatic rings. The summed E-state index contributed by atoms with van der Waals surface area (Å²) in [5.41, 5.74) is 4.37. The molecule has 0 aliphatic carbocycles. The molecular weight excluding hydrogens is 295 g/mol. The molecule has 0 saturated carbocycles. The van der Waals surface area contributed by atoms with Gasteiger partial charge >= 0.3 is 0 Å². The summed E-state index contributed by atoms with van der Waals surface area (Å²) >= 11 is 0. The molecule has 0 bridgehead atoms. The van der Waals surface area contributed by atoms with Crippen molar-refractivity contribution in [2.75, 3.05) is 25.6 Å². The minimum atomic E-state index is -0.260. The van der Waals surface area contributed by atoms with Crippen molar-refractivity contribution in [1.82, 2.24) is 14.6 Å². The molecule has 0 fully saturated rings. The molecule has 5 nitrogen and oxygen atoms in total. The van der Waals surface area contributed by atoms with E-state index in [1.54, 1.807) is 23.8 Å². The molecule has 2 aromatic heterocycles. The number of fused-ring (bicyclic) bond motifs is 1. The maximum atomic E-state index is 13.1. The minimum absolute atomic E-state index is 0.260. The van der Waals surface area contributed by atoms with Crippen LogP contribution in [0.5, 0.6) is 0 Å². The molecular formula is C17H19FN4O. The van der Waals surface area contributed by atoms with Crippen LogP contribution in [0, 0.1) is 19.7 Å². The van der Waals surface area contributed by atoms with Crippen LogP contribution >= 0.6 is 0 Å². The first-order valence-electron chi connectivity index (χ1n) is 7.46. The van der Waals surface area contributed by atoms with E-state index in [-0.39, 0.29) is 5.82 Å². The number of nitrogens with zero attached hydrogens (tertiary/aromatic N) is 3. The summed E-state index contributed by atoms with van der Waals surface area (Å²) in [5, 5.41) is 7.97. The van der Waals surface area contributed by atoms with Gasteiger partial charge in [-0.2, -0.15) is 9.61 Å². The van der Waals surface area contributed by atoms with E-state index >= 15 is 0 Å². The number of rotatable bonds is 5. The Labute approximate surface area is 134 Å². The van der Waals surface area contributed by atoms with Gasteiger partial charge in [0, 0.05) is 36.5 Å². The predicted octanol–water partition coefficient (Wildman–Crippen LogP) is 3.21. The summed E-state index contributed by atoms with van der Waals surface area (Å²) < 4.78 is 20.0. The normalized spacial score (nSPS) is 11.1. The third-order valence-corrected chi connectivity index (χ3v) is 3.82. The van der Waals surface area contributed by atoms with Crippen LogP contribution in [0.25, 0.3) is 16.9 Å². The van der Waals surface area contributed by atoms with E-state index in [0.717, 1.165) is 34.0 Å². The average molecular weight is 314 g/mol. The van der Waals surface area contributed by atoms with Gasteiger partial charge in [0.2, 0.25) is 0 Å². The quantitative estimate of drug-likeness (QED) is 0.735. The monoisotopic (exact) mass is 314 g/mol. The van der Waals surface area contributed by atoms with E-state index < -0.39 is 0 Å². The highest BCUT2D eigenvalue weighted by Gasteiger charge is 2.13. The number of anilines is 1. The zero-order chi connectivity index (χ0) is 16.4. The van der Waals surface area contributed by atoms with Gasteiger partial charge in [-0.15, -0.1) is 0 Å². The van der Waals surface area contributed by atoms with Gasteiger partial charge in [0.1, 0.15) is 11.6 Å². The first-order chi connectivity index (χ1) is 11.1. The number of aromatic nitrogens is 3. The number of halogens is 1. The molecule has 3 rings (SSSR count). The molecule has 0 unspecified atom stereocenters. The summed E-state index contributed by atoms with van der Waals surface area (Å²) in [7, 11) is 1.67. The van der Waals surface area contributed by atoms with Crippen LogP contribution in [0.4, 0.5) is 10.2 Å². The van der Waals surface area contributed by atoms with E-state index in [1.807, 2.05) is 19.9 Å². The second-order valence-corrected chi connectivity index (χ2v) is 5.40. The van der Waals surface area contributed by atoms with Gasteiger partial charge in [0.15, 0.2) is 5.65 Å². The number of methoxy groups -OCH3 is 1. The van der Waals surface area contributed by atoms with E-state index in [0.29, 0.717) is 13.2 Å². The highest BCUT2D eigenvalue weighted by atomic mass is 19.1. The average Bonchev–Trinajstić information content (AvgIpc) is 2.95. The number of nitrogens with one attached hydrogen (secondary N) is 1. The van der Waals surface area contributed by atoms with Crippen LogP contribution in [0.15, 0.2) is 30.3 Å². The molecule has 23 heavy (non-hydrogen) atoms. The van der Waals surface area contributed by atoms with Gasteiger partial charge in [-0.25, -0.2) is 9.37 Å². The topological polar surface area (TPSA) is 51.5 Å². The summed E-state index contributed by atoms with van der Waals surface area (Å²) in [6, 6.07) is 8.20. The van der Waals surface area contributed by atoms with Gasteiger partial charge in [-0.3, -0.25) is 0 Å². The maximum Gasteiger partial charge on any atom is 0.158 e. The first kappa shape index (κ1) is 15.4. The molecule has 0 amide bonds. The standard InChI is InChI=1S/C17H19FN4O/c1-11-12(2)20-16-10-15(13-4-6-14(18)7-5-13)21-22(16)17(11)19-8-9-23-3/h4-7,10,19H,8-9H2,1-3H3. The SMILES string of the molecule is COCCNc1c(C)c(C)nc2cc(-c3ccc(F)cc3)nn12. The van der Waals surface area contributed by atoms with E-state index in [1.165, 1.54) is 12.1 Å². The molecule has 0 aliphatic rings. The van der Waals surface area contributed by atoms with Crippen LogP contribution in [0.2, 0.25) is 0 Å². The number of aryl methyl sites for hydroxylation is 1. The molecule has 6 heteroatoms. The third-order valence-electron chi connectivity index (χ3n) is 3.82. The van der Waals surface area contributed by atoms with Gasteiger partial charge in [0.05, 0.1) is 12.3 Å².